The van der Waals surface area contributed by atoms with Gasteiger partial charge in [0, 0.05) is 5.56 Å². The summed E-state index contributed by atoms with van der Waals surface area (Å²) in [5.41, 5.74) is 12.3. The van der Waals surface area contributed by atoms with E-state index in [9.17, 15) is 0 Å². The van der Waals surface area contributed by atoms with Crippen molar-refractivity contribution in [3.05, 3.63) is 29.8 Å². The van der Waals surface area contributed by atoms with Crippen LogP contribution in [-0.4, -0.2) is 16.6 Å². The number of nitrogen functional groups attached to an aromatic ring is 2. The number of nitrogens with zero attached hydrogens (tertiary/aromatic N) is 4. The van der Waals surface area contributed by atoms with Gasteiger partial charge >= 0.3 is 0 Å². The molecule has 2 aromatic rings. The van der Waals surface area contributed by atoms with Gasteiger partial charge in [-0.3, -0.25) is 0 Å². The summed E-state index contributed by atoms with van der Waals surface area (Å²) < 4.78 is 5.20. The number of hydrogen-bond donors (Lipinski definition) is 2. The molecule has 0 aliphatic carbocycles. The van der Waals surface area contributed by atoms with Crippen molar-refractivity contribution in [1.82, 2.24) is 9.97 Å². The zero-order valence-electron chi connectivity index (χ0n) is 10.4. The van der Waals surface area contributed by atoms with Crippen molar-refractivity contribution in [2.45, 2.75) is 0 Å². The van der Waals surface area contributed by atoms with Gasteiger partial charge in [0.1, 0.15) is 29.3 Å². The van der Waals surface area contributed by atoms with Crippen LogP contribution in [0.5, 0.6) is 5.75 Å². The van der Waals surface area contributed by atoms with Crippen LogP contribution in [0.25, 0.3) is 11.3 Å². The number of anilines is 2. The monoisotopic (exact) mass is 266 g/mol. The molecule has 0 atom stereocenters. The lowest BCUT2D eigenvalue weighted by molar-refractivity contribution is 0.368. The zero-order chi connectivity index (χ0) is 14.5. The Labute approximate surface area is 115 Å². The molecule has 1 aromatic heterocycles. The van der Waals surface area contributed by atoms with Crippen molar-refractivity contribution >= 4 is 11.8 Å². The van der Waals surface area contributed by atoms with E-state index in [0.717, 1.165) is 0 Å². The van der Waals surface area contributed by atoms with Gasteiger partial charge in [-0.25, -0.2) is 4.98 Å². The van der Waals surface area contributed by atoms with Gasteiger partial charge < -0.3 is 16.2 Å². The van der Waals surface area contributed by atoms with E-state index >= 15 is 0 Å². The summed E-state index contributed by atoms with van der Waals surface area (Å²) in [7, 11) is 0. The highest BCUT2D eigenvalue weighted by molar-refractivity contribution is 5.73. The molecule has 4 N–H and O–H groups in total. The Balaban J connectivity index is 2.52. The van der Waals surface area contributed by atoms with Gasteiger partial charge in [-0.15, -0.1) is 0 Å². The third-order valence-electron chi connectivity index (χ3n) is 2.48. The van der Waals surface area contributed by atoms with Gasteiger partial charge in [0.15, 0.2) is 6.61 Å². The Morgan fingerprint density at radius 3 is 2.70 bits per heavy atom. The van der Waals surface area contributed by atoms with E-state index in [0.29, 0.717) is 17.0 Å². The molecule has 1 aromatic carbocycles. The summed E-state index contributed by atoms with van der Waals surface area (Å²) in [5.74, 6) is 0.502. The quantitative estimate of drug-likeness (QED) is 0.848. The molecular formula is C13H10N6O. The van der Waals surface area contributed by atoms with Crippen molar-refractivity contribution in [3.8, 4) is 29.1 Å². The first kappa shape index (κ1) is 13.1. The van der Waals surface area contributed by atoms with Crippen molar-refractivity contribution in [1.29, 1.82) is 10.5 Å². The summed E-state index contributed by atoms with van der Waals surface area (Å²) in [6, 6.07) is 10.6. The van der Waals surface area contributed by atoms with Crippen molar-refractivity contribution in [3.63, 3.8) is 0 Å². The third kappa shape index (κ3) is 2.57. The third-order valence-corrected chi connectivity index (χ3v) is 2.48. The molecule has 98 valence electrons. The Bertz CT molecular complexity index is 729. The summed E-state index contributed by atoms with van der Waals surface area (Å²) in [6.45, 7) is -0.0669. The van der Waals surface area contributed by atoms with Crippen LogP contribution in [0, 0.1) is 22.7 Å². The van der Waals surface area contributed by atoms with E-state index in [1.54, 1.807) is 24.3 Å². The average Bonchev–Trinajstić information content (AvgIpc) is 2.44. The van der Waals surface area contributed by atoms with E-state index in [1.165, 1.54) is 0 Å². The Morgan fingerprint density at radius 2 is 2.00 bits per heavy atom. The smallest absolute Gasteiger partial charge is 0.222 e. The minimum absolute atomic E-state index is 0.0140. The van der Waals surface area contributed by atoms with Gasteiger partial charge in [-0.2, -0.15) is 15.5 Å². The highest BCUT2D eigenvalue weighted by Gasteiger charge is 2.13. The summed E-state index contributed by atoms with van der Waals surface area (Å²) in [5, 5.41) is 17.6. The highest BCUT2D eigenvalue weighted by Crippen LogP contribution is 2.27. The molecule has 0 fully saturated rings. The molecular weight excluding hydrogens is 256 g/mol. The molecule has 0 unspecified atom stereocenters. The topological polar surface area (TPSA) is 135 Å². The number of aromatic nitrogens is 2. The number of benzene rings is 1. The maximum absolute atomic E-state index is 9.14. The van der Waals surface area contributed by atoms with Crippen molar-refractivity contribution < 1.29 is 4.74 Å². The second kappa shape index (κ2) is 5.55. The number of hydrogen-bond acceptors (Lipinski definition) is 7. The Kier molecular flexibility index (Phi) is 3.64. The first-order valence-electron chi connectivity index (χ1n) is 5.59. The molecule has 0 saturated carbocycles. The molecule has 0 saturated heterocycles. The van der Waals surface area contributed by atoms with Crippen LogP contribution < -0.4 is 16.2 Å². The highest BCUT2D eigenvalue weighted by atomic mass is 16.5. The van der Waals surface area contributed by atoms with Crippen LogP contribution in [-0.2, 0) is 0 Å². The second-order valence-corrected chi connectivity index (χ2v) is 3.78. The van der Waals surface area contributed by atoms with Crippen molar-refractivity contribution in [2.24, 2.45) is 0 Å². The molecule has 0 bridgehead atoms. The molecule has 0 aliphatic heterocycles. The maximum Gasteiger partial charge on any atom is 0.222 e. The molecule has 2 rings (SSSR count). The van der Waals surface area contributed by atoms with Crippen LogP contribution in [0.4, 0.5) is 11.8 Å². The number of nitriles is 2. The zero-order valence-corrected chi connectivity index (χ0v) is 10.4. The molecule has 0 aliphatic rings. The summed E-state index contributed by atoms with van der Waals surface area (Å²) >= 11 is 0. The first-order chi connectivity index (χ1) is 9.65. The van der Waals surface area contributed by atoms with Crippen molar-refractivity contribution in [2.75, 3.05) is 18.1 Å². The predicted octanol–water partition coefficient (Wildman–Crippen LogP) is 1.08. The number of ether oxygens (including phenoxy) is 1. The van der Waals surface area contributed by atoms with Crippen LogP contribution in [0.2, 0.25) is 0 Å². The minimum atomic E-state index is -0.0669. The summed E-state index contributed by atoms with van der Waals surface area (Å²) in [4.78, 5) is 7.79. The van der Waals surface area contributed by atoms with E-state index in [4.69, 9.17) is 26.7 Å². The molecule has 7 nitrogen and oxygen atoms in total. The largest absolute Gasteiger partial charge is 0.479 e. The van der Waals surface area contributed by atoms with E-state index in [2.05, 4.69) is 9.97 Å². The standard InChI is InChI=1S/C13H10N6O/c14-4-5-20-9-3-1-2-8(6-9)11-10(7-15)12(16)19-13(17)18-11/h1-3,6H,5H2,(H4,16,17,18,19). The second-order valence-electron chi connectivity index (χ2n) is 3.78. The Morgan fingerprint density at radius 1 is 1.20 bits per heavy atom. The fraction of sp³-hybridized carbons (Fsp3) is 0.0769. The number of nitrogens with two attached hydrogens (primary N) is 2. The molecule has 20 heavy (non-hydrogen) atoms. The van der Waals surface area contributed by atoms with Crippen LogP contribution >= 0.6 is 0 Å². The molecule has 0 spiro atoms. The normalized spacial score (nSPS) is 9.50. The van der Waals surface area contributed by atoms with E-state index in [1.807, 2.05) is 12.1 Å². The lowest BCUT2D eigenvalue weighted by Gasteiger charge is -2.08. The van der Waals surface area contributed by atoms with Gasteiger partial charge in [-0.05, 0) is 12.1 Å². The molecule has 1 heterocycles. The summed E-state index contributed by atoms with van der Waals surface area (Å²) in [6.07, 6.45) is 0. The van der Waals surface area contributed by atoms with E-state index in [-0.39, 0.29) is 23.9 Å². The fourth-order valence-corrected chi connectivity index (χ4v) is 1.66. The molecule has 7 heteroatoms. The average molecular weight is 266 g/mol. The number of rotatable bonds is 3. The SMILES string of the molecule is N#CCOc1cccc(-c2nc(N)nc(N)c2C#N)c1. The van der Waals surface area contributed by atoms with Gasteiger partial charge in [-0.1, -0.05) is 12.1 Å². The van der Waals surface area contributed by atoms with Crippen LogP contribution in [0.1, 0.15) is 5.56 Å². The lowest BCUT2D eigenvalue weighted by atomic mass is 10.1. The predicted molar refractivity (Wildman–Crippen MR) is 72.1 cm³/mol. The fourth-order valence-electron chi connectivity index (χ4n) is 1.66. The van der Waals surface area contributed by atoms with E-state index < -0.39 is 0 Å². The maximum atomic E-state index is 9.14. The van der Waals surface area contributed by atoms with Gasteiger partial charge in [0.05, 0.1) is 5.69 Å². The molecule has 0 amide bonds. The first-order valence-corrected chi connectivity index (χ1v) is 5.59. The van der Waals surface area contributed by atoms with Crippen LogP contribution in [0.3, 0.4) is 0 Å². The van der Waals surface area contributed by atoms with Crippen LogP contribution in [0.15, 0.2) is 24.3 Å². The Hall–Kier alpha value is -3.32. The van der Waals surface area contributed by atoms with Gasteiger partial charge in [0.25, 0.3) is 0 Å². The molecule has 0 radical (unpaired) electrons. The lowest BCUT2D eigenvalue weighted by Crippen LogP contribution is -2.05. The van der Waals surface area contributed by atoms with Gasteiger partial charge in [0.2, 0.25) is 5.95 Å². The minimum Gasteiger partial charge on any atom is -0.479 e.